The smallest absolute Gasteiger partial charge is 0.220 e. The first-order valence-corrected chi connectivity index (χ1v) is 16.1. The lowest BCUT2D eigenvalue weighted by Gasteiger charge is -2.61. The second-order valence-electron chi connectivity index (χ2n) is 13.1. The number of rotatable bonds is 6. The number of hydrogen-bond acceptors (Lipinski definition) is 1. The van der Waals surface area contributed by atoms with Gasteiger partial charge in [-0.25, -0.2) is 0 Å². The molecular formula is C32H60ClNO. The zero-order valence-electron chi connectivity index (χ0n) is 24.6. The van der Waals surface area contributed by atoms with Crippen LogP contribution in [0.5, 0.6) is 0 Å². The third-order valence-electron chi connectivity index (χ3n) is 10.6. The van der Waals surface area contributed by atoms with Crippen LogP contribution in [-0.2, 0) is 4.79 Å². The predicted molar refractivity (Wildman–Crippen MR) is 154 cm³/mol. The second-order valence-corrected chi connectivity index (χ2v) is 13.5. The lowest BCUT2D eigenvalue weighted by atomic mass is 9.44. The second kappa shape index (κ2) is 14.6. The van der Waals surface area contributed by atoms with Gasteiger partial charge >= 0.3 is 0 Å². The maximum Gasteiger partial charge on any atom is 0.220 e. The summed E-state index contributed by atoms with van der Waals surface area (Å²) in [6.07, 6.45) is 18.9. The van der Waals surface area contributed by atoms with Crippen LogP contribution in [0.25, 0.3) is 0 Å². The van der Waals surface area contributed by atoms with E-state index in [1.165, 1.54) is 77.0 Å². The minimum Gasteiger partial charge on any atom is -0.355 e. The average Bonchev–Trinajstić information content (AvgIpc) is 3.19. The van der Waals surface area contributed by atoms with Gasteiger partial charge in [0.15, 0.2) is 0 Å². The van der Waals surface area contributed by atoms with E-state index in [0.717, 1.165) is 36.0 Å². The Bertz CT molecular complexity index is 621. The molecule has 206 valence electrons. The molecule has 0 bridgehead atoms. The molecule has 4 saturated carbocycles. The molecule has 1 N–H and O–H groups in total. The fourth-order valence-corrected chi connectivity index (χ4v) is 9.20. The molecule has 0 saturated heterocycles. The number of hydrogen-bond donors (Lipinski definition) is 1. The number of fused-ring (bicyclic) bond motifs is 5. The van der Waals surface area contributed by atoms with Gasteiger partial charge in [0.2, 0.25) is 5.91 Å². The van der Waals surface area contributed by atoms with Crippen molar-refractivity contribution in [1.29, 1.82) is 0 Å². The Balaban J connectivity index is 0.000000655. The molecule has 0 radical (unpaired) electrons. The molecule has 0 aromatic carbocycles. The van der Waals surface area contributed by atoms with Gasteiger partial charge in [-0.3, -0.25) is 4.79 Å². The van der Waals surface area contributed by atoms with Gasteiger partial charge in [0.25, 0.3) is 0 Å². The van der Waals surface area contributed by atoms with Gasteiger partial charge in [0.1, 0.15) is 0 Å². The molecule has 0 spiro atoms. The lowest BCUT2D eigenvalue weighted by Crippen LogP contribution is -2.53. The summed E-state index contributed by atoms with van der Waals surface area (Å²) in [6, 6.07) is 0. The van der Waals surface area contributed by atoms with Crippen LogP contribution in [0.3, 0.4) is 0 Å². The van der Waals surface area contributed by atoms with Crippen LogP contribution in [0.2, 0.25) is 0 Å². The van der Waals surface area contributed by atoms with E-state index in [2.05, 4.69) is 53.8 Å². The maximum absolute atomic E-state index is 12.1. The number of nitrogens with one attached hydrogen (secondary N) is 1. The van der Waals surface area contributed by atoms with E-state index < -0.39 is 0 Å². The first-order chi connectivity index (χ1) is 16.7. The quantitative estimate of drug-likeness (QED) is 0.354. The molecule has 3 heteroatoms. The van der Waals surface area contributed by atoms with Crippen LogP contribution in [0.4, 0.5) is 0 Å². The highest BCUT2D eigenvalue weighted by Crippen LogP contribution is 2.68. The molecule has 0 aliphatic heterocycles. The lowest BCUT2D eigenvalue weighted by molar-refractivity contribution is -0.122. The summed E-state index contributed by atoms with van der Waals surface area (Å²) in [6.45, 7) is 16.9. The van der Waals surface area contributed by atoms with Crippen molar-refractivity contribution in [3.63, 3.8) is 0 Å². The fourth-order valence-electron chi connectivity index (χ4n) is 9.11. The van der Waals surface area contributed by atoms with Crippen molar-refractivity contribution in [3.8, 4) is 0 Å². The Morgan fingerprint density at radius 1 is 0.886 bits per heavy atom. The standard InChI is InChI=1S/C26H44ClNO.2C3H8/c1-18(7-12-24(29)28-17-16-27)21-10-11-22-20-9-8-19-6-4-5-14-25(19,2)23(20)13-15-26(21,22)3;2*1-3-2/h18-23H,4-17H2,1-3H3,(H,28,29);2*3H2,1-2H3. The molecule has 2 nitrogen and oxygen atoms in total. The Morgan fingerprint density at radius 3 is 2.20 bits per heavy atom. The number of alkyl halides is 1. The Labute approximate surface area is 224 Å². The van der Waals surface area contributed by atoms with E-state index in [1.54, 1.807) is 0 Å². The molecule has 35 heavy (non-hydrogen) atoms. The first-order valence-electron chi connectivity index (χ1n) is 15.6. The Kier molecular flexibility index (Phi) is 13.0. The summed E-state index contributed by atoms with van der Waals surface area (Å²) >= 11 is 5.70. The largest absolute Gasteiger partial charge is 0.355 e. The van der Waals surface area contributed by atoms with E-state index in [-0.39, 0.29) is 5.91 Å². The van der Waals surface area contributed by atoms with Crippen LogP contribution in [0, 0.1) is 46.3 Å². The van der Waals surface area contributed by atoms with Gasteiger partial charge in [-0.2, -0.15) is 0 Å². The minimum absolute atomic E-state index is 0.185. The molecule has 8 unspecified atom stereocenters. The third kappa shape index (κ3) is 7.20. The van der Waals surface area contributed by atoms with Crippen LogP contribution < -0.4 is 5.32 Å². The van der Waals surface area contributed by atoms with Gasteiger partial charge in [0, 0.05) is 18.8 Å². The van der Waals surface area contributed by atoms with Gasteiger partial charge < -0.3 is 5.32 Å². The van der Waals surface area contributed by atoms with Gasteiger partial charge in [-0.05, 0) is 104 Å². The van der Waals surface area contributed by atoms with Gasteiger partial charge in [0.05, 0.1) is 0 Å². The molecular weight excluding hydrogens is 450 g/mol. The van der Waals surface area contributed by atoms with Crippen molar-refractivity contribution in [3.05, 3.63) is 0 Å². The summed E-state index contributed by atoms with van der Waals surface area (Å²) in [5.41, 5.74) is 1.16. The fraction of sp³-hybridized carbons (Fsp3) is 0.969. The maximum atomic E-state index is 12.1. The van der Waals surface area contributed by atoms with E-state index in [0.29, 0.717) is 35.6 Å². The highest BCUT2D eigenvalue weighted by molar-refractivity contribution is 6.18. The Hall–Kier alpha value is -0.240. The summed E-state index contributed by atoms with van der Waals surface area (Å²) < 4.78 is 0. The summed E-state index contributed by atoms with van der Waals surface area (Å²) in [4.78, 5) is 12.1. The molecule has 0 aromatic heterocycles. The molecule has 4 aliphatic rings. The molecule has 1 amide bonds. The zero-order chi connectivity index (χ0) is 26.1. The van der Waals surface area contributed by atoms with Crippen molar-refractivity contribution in [2.75, 3.05) is 12.4 Å². The normalized spacial score (nSPS) is 38.3. The van der Waals surface area contributed by atoms with Crippen LogP contribution in [0.15, 0.2) is 0 Å². The molecule has 0 heterocycles. The molecule has 4 fully saturated rings. The number of halogens is 1. The average molecular weight is 510 g/mol. The third-order valence-corrected chi connectivity index (χ3v) is 10.8. The van der Waals surface area contributed by atoms with E-state index in [1.807, 2.05) is 0 Å². The molecule has 0 aromatic rings. The molecule has 4 aliphatic carbocycles. The number of amides is 1. The van der Waals surface area contributed by atoms with E-state index >= 15 is 0 Å². The molecule has 4 rings (SSSR count). The monoisotopic (exact) mass is 509 g/mol. The predicted octanol–water partition coefficient (Wildman–Crippen LogP) is 9.64. The highest BCUT2D eigenvalue weighted by Gasteiger charge is 2.60. The van der Waals surface area contributed by atoms with Crippen molar-refractivity contribution in [1.82, 2.24) is 5.32 Å². The van der Waals surface area contributed by atoms with Crippen LogP contribution >= 0.6 is 11.6 Å². The van der Waals surface area contributed by atoms with Gasteiger partial charge in [-0.1, -0.05) is 74.1 Å². The zero-order valence-corrected chi connectivity index (χ0v) is 25.3. The number of carbonyl (C=O) groups excluding carboxylic acids is 1. The van der Waals surface area contributed by atoms with Gasteiger partial charge in [-0.15, -0.1) is 11.6 Å². The van der Waals surface area contributed by atoms with E-state index in [9.17, 15) is 4.79 Å². The Morgan fingerprint density at radius 2 is 1.54 bits per heavy atom. The van der Waals surface area contributed by atoms with Crippen molar-refractivity contribution in [2.24, 2.45) is 46.3 Å². The van der Waals surface area contributed by atoms with Crippen molar-refractivity contribution < 1.29 is 4.79 Å². The SMILES string of the molecule is CC(CCC(=O)NCCCl)C1CCC2C3CCC4CCCCC4(C)C3CCC12C.CCC.CCC. The minimum atomic E-state index is 0.185. The van der Waals surface area contributed by atoms with Crippen molar-refractivity contribution >= 4 is 17.5 Å². The van der Waals surface area contributed by atoms with Crippen LogP contribution in [-0.4, -0.2) is 18.3 Å². The topological polar surface area (TPSA) is 29.1 Å². The van der Waals surface area contributed by atoms with Crippen LogP contribution in [0.1, 0.15) is 138 Å². The summed E-state index contributed by atoms with van der Waals surface area (Å²) in [7, 11) is 0. The summed E-state index contributed by atoms with van der Waals surface area (Å²) in [5.74, 6) is 6.10. The first kappa shape index (κ1) is 31.0. The summed E-state index contributed by atoms with van der Waals surface area (Å²) in [5, 5.41) is 2.94. The van der Waals surface area contributed by atoms with Crippen molar-refractivity contribution in [2.45, 2.75) is 138 Å². The molecule has 8 atom stereocenters. The van der Waals surface area contributed by atoms with E-state index in [4.69, 9.17) is 11.6 Å². The number of carbonyl (C=O) groups is 1. The highest BCUT2D eigenvalue weighted by atomic mass is 35.5.